The number of pyridine rings is 1. The van der Waals surface area contributed by atoms with Crippen LogP contribution in [0.4, 0.5) is 0 Å². The minimum Gasteiger partial charge on any atom is -0.469 e. The van der Waals surface area contributed by atoms with Crippen LogP contribution in [0.1, 0.15) is 47.9 Å². The highest BCUT2D eigenvalue weighted by molar-refractivity contribution is 5.34. The molecule has 1 N–H and O–H groups in total. The zero-order chi connectivity index (χ0) is 13.2. The average molecular weight is 256 g/mol. The van der Waals surface area contributed by atoms with Gasteiger partial charge >= 0.3 is 0 Å². The highest BCUT2D eigenvalue weighted by atomic mass is 16.3. The normalized spacial score (nSPS) is 19.4. The molecular weight excluding hydrogens is 236 g/mol. The van der Waals surface area contributed by atoms with Gasteiger partial charge in [-0.3, -0.25) is 4.98 Å². The second kappa shape index (κ2) is 5.17. The van der Waals surface area contributed by atoms with Crippen LogP contribution in [0.3, 0.4) is 0 Å². The van der Waals surface area contributed by atoms with Crippen molar-refractivity contribution in [2.24, 2.45) is 0 Å². The molecule has 100 valence electrons. The zero-order valence-electron chi connectivity index (χ0n) is 11.5. The lowest BCUT2D eigenvalue weighted by molar-refractivity contribution is 0.435. The summed E-state index contributed by atoms with van der Waals surface area (Å²) in [6.07, 6.45) is 5.98. The van der Waals surface area contributed by atoms with E-state index in [-0.39, 0.29) is 0 Å². The molecule has 0 aromatic carbocycles. The summed E-state index contributed by atoms with van der Waals surface area (Å²) in [5.74, 6) is 1.46. The van der Waals surface area contributed by atoms with Crippen LogP contribution < -0.4 is 5.32 Å². The van der Waals surface area contributed by atoms with Gasteiger partial charge in [0.1, 0.15) is 5.76 Å². The molecule has 2 aromatic heterocycles. The minimum atomic E-state index is 0.305. The lowest BCUT2D eigenvalue weighted by Crippen LogP contribution is -2.26. The second-order valence-corrected chi connectivity index (χ2v) is 5.16. The van der Waals surface area contributed by atoms with Gasteiger partial charge in [0.2, 0.25) is 0 Å². The molecule has 3 nitrogen and oxygen atoms in total. The molecular formula is C16H20N2O. The van der Waals surface area contributed by atoms with E-state index < -0.39 is 0 Å². The Morgan fingerprint density at radius 1 is 1.47 bits per heavy atom. The molecule has 1 aliphatic carbocycles. The summed E-state index contributed by atoms with van der Waals surface area (Å²) in [5.41, 5.74) is 3.93. The Hall–Kier alpha value is -1.61. The van der Waals surface area contributed by atoms with Crippen LogP contribution in [0.15, 0.2) is 35.1 Å². The van der Waals surface area contributed by atoms with Crippen LogP contribution >= 0.6 is 0 Å². The largest absolute Gasteiger partial charge is 0.469 e. The number of furan rings is 1. The van der Waals surface area contributed by atoms with Crippen molar-refractivity contribution in [3.8, 4) is 0 Å². The summed E-state index contributed by atoms with van der Waals surface area (Å²) in [6.45, 7) is 5.14. The van der Waals surface area contributed by atoms with E-state index in [9.17, 15) is 0 Å². The van der Waals surface area contributed by atoms with Crippen LogP contribution in [-0.2, 0) is 6.42 Å². The molecule has 0 radical (unpaired) electrons. The van der Waals surface area contributed by atoms with Gasteiger partial charge in [0.05, 0.1) is 6.26 Å². The maximum absolute atomic E-state index is 5.48. The van der Waals surface area contributed by atoms with E-state index in [4.69, 9.17) is 4.42 Å². The number of aryl methyl sites for hydroxylation is 2. The molecule has 2 atom stereocenters. The Bertz CT molecular complexity index is 561. The van der Waals surface area contributed by atoms with E-state index >= 15 is 0 Å². The second-order valence-electron chi connectivity index (χ2n) is 5.16. The van der Waals surface area contributed by atoms with E-state index in [1.807, 2.05) is 19.2 Å². The number of hydrogen-bond acceptors (Lipinski definition) is 3. The number of fused-ring (bicyclic) bond motifs is 1. The van der Waals surface area contributed by atoms with Crippen LogP contribution in [0.25, 0.3) is 0 Å². The average Bonchev–Trinajstić information content (AvgIpc) is 3.03. The highest BCUT2D eigenvalue weighted by Crippen LogP contribution is 2.41. The maximum atomic E-state index is 5.48. The SMILES string of the molecule is CCNC(c1ccoc1C)C1CCc2cccnc21. The van der Waals surface area contributed by atoms with Gasteiger partial charge < -0.3 is 9.73 Å². The summed E-state index contributed by atoms with van der Waals surface area (Å²) in [4.78, 5) is 4.61. The molecule has 1 aliphatic rings. The fourth-order valence-corrected chi connectivity index (χ4v) is 3.17. The van der Waals surface area contributed by atoms with Crippen molar-refractivity contribution in [1.29, 1.82) is 0 Å². The van der Waals surface area contributed by atoms with Gasteiger partial charge in [-0.05, 0) is 44.0 Å². The van der Waals surface area contributed by atoms with Crippen molar-refractivity contribution in [1.82, 2.24) is 10.3 Å². The number of aromatic nitrogens is 1. The minimum absolute atomic E-state index is 0.305. The number of hydrogen-bond donors (Lipinski definition) is 1. The number of nitrogens with zero attached hydrogens (tertiary/aromatic N) is 1. The molecule has 0 saturated carbocycles. The first-order chi connectivity index (χ1) is 9.31. The molecule has 19 heavy (non-hydrogen) atoms. The van der Waals surface area contributed by atoms with E-state index in [1.165, 1.54) is 16.8 Å². The Labute approximate surface area is 114 Å². The first kappa shape index (κ1) is 12.4. The van der Waals surface area contributed by atoms with E-state index in [1.54, 1.807) is 6.26 Å². The maximum Gasteiger partial charge on any atom is 0.105 e. The first-order valence-electron chi connectivity index (χ1n) is 7.02. The van der Waals surface area contributed by atoms with Crippen LogP contribution in [-0.4, -0.2) is 11.5 Å². The van der Waals surface area contributed by atoms with E-state index in [0.717, 1.165) is 25.1 Å². The van der Waals surface area contributed by atoms with Crippen molar-refractivity contribution in [3.63, 3.8) is 0 Å². The van der Waals surface area contributed by atoms with Gasteiger partial charge in [-0.25, -0.2) is 0 Å². The van der Waals surface area contributed by atoms with Gasteiger partial charge in [0.15, 0.2) is 0 Å². The van der Waals surface area contributed by atoms with E-state index in [2.05, 4.69) is 29.4 Å². The summed E-state index contributed by atoms with van der Waals surface area (Å²) in [7, 11) is 0. The Morgan fingerprint density at radius 3 is 3.11 bits per heavy atom. The van der Waals surface area contributed by atoms with Gasteiger partial charge in [-0.1, -0.05) is 13.0 Å². The zero-order valence-corrected chi connectivity index (χ0v) is 11.5. The Kier molecular flexibility index (Phi) is 3.38. The molecule has 2 aromatic rings. The number of rotatable bonds is 4. The first-order valence-corrected chi connectivity index (χ1v) is 7.02. The summed E-state index contributed by atoms with van der Waals surface area (Å²) < 4.78 is 5.48. The third-order valence-electron chi connectivity index (χ3n) is 4.06. The van der Waals surface area contributed by atoms with Gasteiger partial charge in [-0.2, -0.15) is 0 Å². The predicted octanol–water partition coefficient (Wildman–Crippen LogP) is 3.36. The van der Waals surface area contributed by atoms with Crippen LogP contribution in [0.2, 0.25) is 0 Å². The smallest absolute Gasteiger partial charge is 0.105 e. The fraction of sp³-hybridized carbons (Fsp3) is 0.438. The lowest BCUT2D eigenvalue weighted by atomic mass is 9.91. The molecule has 2 heterocycles. The highest BCUT2D eigenvalue weighted by Gasteiger charge is 2.32. The summed E-state index contributed by atoms with van der Waals surface area (Å²) in [6, 6.07) is 6.63. The predicted molar refractivity (Wildman–Crippen MR) is 75.2 cm³/mol. The monoisotopic (exact) mass is 256 g/mol. The summed E-state index contributed by atoms with van der Waals surface area (Å²) >= 11 is 0. The van der Waals surface area contributed by atoms with Crippen molar-refractivity contribution >= 4 is 0 Å². The topological polar surface area (TPSA) is 38.1 Å². The Morgan fingerprint density at radius 2 is 2.37 bits per heavy atom. The molecule has 3 heteroatoms. The molecule has 3 rings (SSSR count). The van der Waals surface area contributed by atoms with Crippen molar-refractivity contribution < 1.29 is 4.42 Å². The molecule has 0 bridgehead atoms. The third kappa shape index (κ3) is 2.19. The van der Waals surface area contributed by atoms with Gasteiger partial charge in [0.25, 0.3) is 0 Å². The molecule has 0 aliphatic heterocycles. The van der Waals surface area contributed by atoms with Gasteiger partial charge in [-0.15, -0.1) is 0 Å². The molecule has 2 unspecified atom stereocenters. The Balaban J connectivity index is 1.96. The number of likely N-dealkylation sites (N-methyl/N-ethyl adjacent to an activating group) is 1. The van der Waals surface area contributed by atoms with Crippen molar-refractivity contribution in [2.75, 3.05) is 6.54 Å². The molecule has 0 saturated heterocycles. The molecule has 0 spiro atoms. The third-order valence-corrected chi connectivity index (χ3v) is 4.06. The standard InChI is InChI=1S/C16H20N2O/c1-3-17-16(13-8-10-19-11(13)2)14-7-6-12-5-4-9-18-15(12)14/h4-5,8-10,14,16-17H,3,6-7H2,1-2H3. The fourth-order valence-electron chi connectivity index (χ4n) is 3.17. The summed E-state index contributed by atoms with van der Waals surface area (Å²) in [5, 5.41) is 3.61. The van der Waals surface area contributed by atoms with Crippen molar-refractivity contribution in [3.05, 3.63) is 53.2 Å². The lowest BCUT2D eigenvalue weighted by Gasteiger charge is -2.24. The quantitative estimate of drug-likeness (QED) is 0.911. The molecule has 0 amide bonds. The molecule has 0 fully saturated rings. The van der Waals surface area contributed by atoms with E-state index in [0.29, 0.717) is 12.0 Å². The van der Waals surface area contributed by atoms with Crippen molar-refractivity contribution in [2.45, 2.75) is 38.6 Å². The van der Waals surface area contributed by atoms with Crippen LogP contribution in [0.5, 0.6) is 0 Å². The number of nitrogens with one attached hydrogen (secondary N) is 1. The van der Waals surface area contributed by atoms with Crippen LogP contribution in [0, 0.1) is 6.92 Å². The van der Waals surface area contributed by atoms with Gasteiger partial charge in [0, 0.05) is 29.4 Å².